The van der Waals surface area contributed by atoms with Crippen molar-refractivity contribution < 1.29 is 13.9 Å². The second-order valence-corrected chi connectivity index (χ2v) is 7.74. The third kappa shape index (κ3) is 4.25. The molecule has 2 saturated heterocycles. The van der Waals surface area contributed by atoms with Gasteiger partial charge in [-0.05, 0) is 37.1 Å². The van der Waals surface area contributed by atoms with Crippen LogP contribution in [-0.2, 0) is 11.3 Å². The zero-order chi connectivity index (χ0) is 18.7. The molecule has 2 aliphatic rings. The van der Waals surface area contributed by atoms with Crippen molar-refractivity contribution in [2.45, 2.75) is 26.3 Å². The summed E-state index contributed by atoms with van der Waals surface area (Å²) in [6, 6.07) is 8.98. The Hall–Kier alpha value is -2.12. The Bertz CT molecular complexity index is 748. The van der Waals surface area contributed by atoms with Crippen LogP contribution in [-0.4, -0.2) is 61.6 Å². The van der Waals surface area contributed by atoms with Gasteiger partial charge in [-0.3, -0.25) is 4.90 Å². The van der Waals surface area contributed by atoms with Gasteiger partial charge < -0.3 is 18.8 Å². The summed E-state index contributed by atoms with van der Waals surface area (Å²) < 4.78 is 16.9. The predicted molar refractivity (Wildman–Crippen MR) is 102 cm³/mol. The summed E-state index contributed by atoms with van der Waals surface area (Å²) >= 11 is 0. The third-order valence-electron chi connectivity index (χ3n) is 5.53. The summed E-state index contributed by atoms with van der Waals surface area (Å²) in [6.07, 6.45) is 2.34. The molecule has 7 heteroatoms. The van der Waals surface area contributed by atoms with Crippen molar-refractivity contribution in [3.8, 4) is 5.75 Å². The zero-order valence-electron chi connectivity index (χ0n) is 16.2. The van der Waals surface area contributed by atoms with E-state index < -0.39 is 0 Å². The lowest BCUT2D eigenvalue weighted by molar-refractivity contribution is 0.0105. The Labute approximate surface area is 160 Å². The van der Waals surface area contributed by atoms with Crippen molar-refractivity contribution in [1.82, 2.24) is 15.1 Å². The van der Waals surface area contributed by atoms with E-state index in [4.69, 9.17) is 13.9 Å². The van der Waals surface area contributed by atoms with Gasteiger partial charge in [-0.25, -0.2) is 0 Å². The first kappa shape index (κ1) is 18.3. The number of hydrogen-bond acceptors (Lipinski definition) is 7. The summed E-state index contributed by atoms with van der Waals surface area (Å²) in [6.45, 7) is 8.09. The minimum Gasteiger partial charge on any atom is -0.497 e. The second-order valence-electron chi connectivity index (χ2n) is 7.74. The van der Waals surface area contributed by atoms with Crippen molar-refractivity contribution in [1.29, 1.82) is 0 Å². The summed E-state index contributed by atoms with van der Waals surface area (Å²) in [5, 5.41) is 8.21. The van der Waals surface area contributed by atoms with Crippen molar-refractivity contribution in [2.75, 3.05) is 51.4 Å². The molecule has 7 nitrogen and oxygen atoms in total. The quantitative estimate of drug-likeness (QED) is 0.817. The van der Waals surface area contributed by atoms with Gasteiger partial charge in [0.05, 0.1) is 20.3 Å². The molecule has 4 rings (SSSR count). The van der Waals surface area contributed by atoms with Crippen LogP contribution in [0.5, 0.6) is 5.75 Å². The van der Waals surface area contributed by atoms with Gasteiger partial charge in [0.15, 0.2) is 0 Å². The molecular weight excluding hydrogens is 344 g/mol. The van der Waals surface area contributed by atoms with E-state index in [0.717, 1.165) is 51.5 Å². The molecule has 2 aliphatic heterocycles. The SMILES string of the molecule is COc1ccc(CN2CCCC3(COCCN(c4nnc(C)o4)C3)C2)cc1. The second kappa shape index (κ2) is 7.86. The molecule has 27 heavy (non-hydrogen) atoms. The molecule has 0 amide bonds. The molecule has 2 aromatic rings. The third-order valence-corrected chi connectivity index (χ3v) is 5.53. The van der Waals surface area contributed by atoms with E-state index in [2.05, 4.69) is 32.1 Å². The van der Waals surface area contributed by atoms with Crippen LogP contribution in [0.4, 0.5) is 6.01 Å². The normalized spacial score (nSPS) is 24.1. The van der Waals surface area contributed by atoms with E-state index in [1.807, 2.05) is 19.1 Å². The van der Waals surface area contributed by atoms with Crippen molar-refractivity contribution in [3.05, 3.63) is 35.7 Å². The lowest BCUT2D eigenvalue weighted by atomic mass is 9.80. The molecule has 1 spiro atoms. The number of methoxy groups -OCH3 is 1. The van der Waals surface area contributed by atoms with Crippen molar-refractivity contribution in [3.63, 3.8) is 0 Å². The van der Waals surface area contributed by atoms with Gasteiger partial charge in [0.25, 0.3) is 0 Å². The number of piperidine rings is 1. The number of aryl methyl sites for hydroxylation is 1. The van der Waals surface area contributed by atoms with Gasteiger partial charge in [-0.15, -0.1) is 5.10 Å². The summed E-state index contributed by atoms with van der Waals surface area (Å²) in [4.78, 5) is 4.74. The molecule has 1 aromatic carbocycles. The van der Waals surface area contributed by atoms with Crippen molar-refractivity contribution >= 4 is 6.01 Å². The summed E-state index contributed by atoms with van der Waals surface area (Å²) in [7, 11) is 1.70. The highest BCUT2D eigenvalue weighted by molar-refractivity contribution is 5.28. The molecule has 0 aliphatic carbocycles. The van der Waals surface area contributed by atoms with Gasteiger partial charge in [-0.1, -0.05) is 17.2 Å². The van der Waals surface area contributed by atoms with Gasteiger partial charge in [0.1, 0.15) is 5.75 Å². The number of nitrogens with zero attached hydrogens (tertiary/aromatic N) is 4. The van der Waals surface area contributed by atoms with E-state index in [0.29, 0.717) is 18.5 Å². The maximum Gasteiger partial charge on any atom is 0.318 e. The van der Waals surface area contributed by atoms with E-state index >= 15 is 0 Å². The lowest BCUT2D eigenvalue weighted by Crippen LogP contribution is -2.50. The summed E-state index contributed by atoms with van der Waals surface area (Å²) in [5.74, 6) is 1.51. The number of hydrogen-bond donors (Lipinski definition) is 0. The number of aromatic nitrogens is 2. The van der Waals surface area contributed by atoms with Crippen LogP contribution >= 0.6 is 0 Å². The van der Waals surface area contributed by atoms with Gasteiger partial charge in [0.2, 0.25) is 5.89 Å². The maximum atomic E-state index is 6.00. The number of rotatable bonds is 4. The highest BCUT2D eigenvalue weighted by Crippen LogP contribution is 2.35. The molecule has 0 N–H and O–H groups in total. The van der Waals surface area contributed by atoms with Gasteiger partial charge in [0, 0.05) is 38.5 Å². The predicted octanol–water partition coefficient (Wildman–Crippen LogP) is 2.51. The molecule has 3 heterocycles. The van der Waals surface area contributed by atoms with Crippen LogP contribution in [0, 0.1) is 12.3 Å². The highest BCUT2D eigenvalue weighted by atomic mass is 16.5. The maximum absolute atomic E-state index is 6.00. The fourth-order valence-electron chi connectivity index (χ4n) is 4.25. The smallest absolute Gasteiger partial charge is 0.318 e. The van der Waals surface area contributed by atoms with Crippen LogP contribution in [0.25, 0.3) is 0 Å². The van der Waals surface area contributed by atoms with Crippen LogP contribution < -0.4 is 9.64 Å². The lowest BCUT2D eigenvalue weighted by Gasteiger charge is -2.43. The average molecular weight is 372 g/mol. The van der Waals surface area contributed by atoms with Crippen molar-refractivity contribution in [2.24, 2.45) is 5.41 Å². The fourth-order valence-corrected chi connectivity index (χ4v) is 4.25. The molecule has 1 atom stereocenters. The standard InChI is InChI=1S/C20H28N4O3/c1-16-21-22-19(27-16)24-10-11-26-15-20(14-24)8-3-9-23(13-20)12-17-4-6-18(25-2)7-5-17/h4-7H,3,8-15H2,1-2H3. The Balaban J connectivity index is 1.46. The van der Waals surface area contributed by atoms with Gasteiger partial charge >= 0.3 is 6.01 Å². The van der Waals surface area contributed by atoms with Crippen LogP contribution in [0.15, 0.2) is 28.7 Å². The number of anilines is 1. The monoisotopic (exact) mass is 372 g/mol. The number of benzene rings is 1. The molecule has 146 valence electrons. The Kier molecular flexibility index (Phi) is 5.31. The molecule has 1 aromatic heterocycles. The van der Waals surface area contributed by atoms with E-state index in [1.165, 1.54) is 12.0 Å². The Morgan fingerprint density at radius 2 is 2.00 bits per heavy atom. The fraction of sp³-hybridized carbons (Fsp3) is 0.600. The number of ether oxygens (including phenoxy) is 2. The first-order chi connectivity index (χ1) is 13.2. The van der Waals surface area contributed by atoms with Gasteiger partial charge in [-0.2, -0.15) is 0 Å². The summed E-state index contributed by atoms with van der Waals surface area (Å²) in [5.41, 5.74) is 1.41. The first-order valence-corrected chi connectivity index (χ1v) is 9.64. The minimum atomic E-state index is 0.101. The van der Waals surface area contributed by atoms with Crippen LogP contribution in [0.2, 0.25) is 0 Å². The Morgan fingerprint density at radius 1 is 1.15 bits per heavy atom. The van der Waals surface area contributed by atoms with E-state index in [-0.39, 0.29) is 5.41 Å². The highest BCUT2D eigenvalue weighted by Gasteiger charge is 2.40. The zero-order valence-corrected chi connectivity index (χ0v) is 16.2. The largest absolute Gasteiger partial charge is 0.497 e. The molecule has 0 radical (unpaired) electrons. The average Bonchev–Trinajstić information content (AvgIpc) is 3.01. The number of likely N-dealkylation sites (tertiary alicyclic amines) is 1. The first-order valence-electron chi connectivity index (χ1n) is 9.64. The topological polar surface area (TPSA) is 63.9 Å². The van der Waals surface area contributed by atoms with Crippen LogP contribution in [0.1, 0.15) is 24.3 Å². The minimum absolute atomic E-state index is 0.101. The van der Waals surface area contributed by atoms with E-state index in [1.54, 1.807) is 7.11 Å². The Morgan fingerprint density at radius 3 is 2.74 bits per heavy atom. The van der Waals surface area contributed by atoms with Crippen LogP contribution in [0.3, 0.4) is 0 Å². The molecule has 0 bridgehead atoms. The molecular formula is C20H28N4O3. The molecule has 1 unspecified atom stereocenters. The van der Waals surface area contributed by atoms with E-state index in [9.17, 15) is 0 Å². The molecule has 0 saturated carbocycles. The molecule has 2 fully saturated rings.